The highest BCUT2D eigenvalue weighted by Gasteiger charge is 2.27. The lowest BCUT2D eigenvalue weighted by atomic mass is 10.2. The Morgan fingerprint density at radius 3 is 3.06 bits per heavy atom. The van der Waals surface area contributed by atoms with Crippen molar-refractivity contribution < 1.29 is 9.66 Å². The van der Waals surface area contributed by atoms with Gasteiger partial charge in [0.05, 0.1) is 17.6 Å². The summed E-state index contributed by atoms with van der Waals surface area (Å²) in [5.74, 6) is 0.383. The highest BCUT2D eigenvalue weighted by atomic mass is 79.9. The molecule has 1 unspecified atom stereocenters. The third-order valence-electron chi connectivity index (χ3n) is 2.80. The summed E-state index contributed by atoms with van der Waals surface area (Å²) in [4.78, 5) is 16.5. The number of pyridine rings is 1. The minimum absolute atomic E-state index is 0.00813. The van der Waals surface area contributed by atoms with Crippen molar-refractivity contribution in [2.45, 2.75) is 12.5 Å². The standard InChI is InChI=1S/C10H12BrN3O3/c1-13(8-2-3-17-6-8)10-9(14(15)16)4-7(11)5-12-10/h4-5,8H,2-3,6H2,1H3. The predicted octanol–water partition coefficient (Wildman–Crippen LogP) is 1.98. The fourth-order valence-corrected chi connectivity index (χ4v) is 2.15. The molecular weight excluding hydrogens is 290 g/mol. The molecule has 92 valence electrons. The van der Waals surface area contributed by atoms with Gasteiger partial charge in [-0.15, -0.1) is 0 Å². The van der Waals surface area contributed by atoms with Crippen LogP contribution in [0.3, 0.4) is 0 Å². The number of rotatable bonds is 3. The van der Waals surface area contributed by atoms with Crippen LogP contribution in [0.15, 0.2) is 16.7 Å². The number of hydrogen-bond acceptors (Lipinski definition) is 5. The van der Waals surface area contributed by atoms with E-state index in [0.29, 0.717) is 23.5 Å². The van der Waals surface area contributed by atoms with Crippen LogP contribution >= 0.6 is 15.9 Å². The number of hydrogen-bond donors (Lipinski definition) is 0. The molecule has 0 radical (unpaired) electrons. The van der Waals surface area contributed by atoms with Crippen molar-refractivity contribution in [3.05, 3.63) is 26.9 Å². The molecule has 2 heterocycles. The number of likely N-dealkylation sites (N-methyl/N-ethyl adjacent to an activating group) is 1. The molecule has 0 aliphatic carbocycles. The Labute approximate surface area is 107 Å². The van der Waals surface area contributed by atoms with Crippen molar-refractivity contribution in [1.29, 1.82) is 0 Å². The van der Waals surface area contributed by atoms with Crippen LogP contribution in [-0.2, 0) is 4.74 Å². The molecule has 0 saturated carbocycles. The van der Waals surface area contributed by atoms with E-state index >= 15 is 0 Å². The van der Waals surface area contributed by atoms with Crippen LogP contribution < -0.4 is 4.90 Å². The van der Waals surface area contributed by atoms with Crippen molar-refractivity contribution in [2.24, 2.45) is 0 Å². The molecule has 0 aromatic carbocycles. The lowest BCUT2D eigenvalue weighted by Gasteiger charge is -2.23. The summed E-state index contributed by atoms with van der Waals surface area (Å²) >= 11 is 3.19. The minimum Gasteiger partial charge on any atom is -0.379 e. The number of ether oxygens (including phenoxy) is 1. The summed E-state index contributed by atoms with van der Waals surface area (Å²) in [6.07, 6.45) is 2.43. The summed E-state index contributed by atoms with van der Waals surface area (Å²) in [5, 5.41) is 11.0. The fraction of sp³-hybridized carbons (Fsp3) is 0.500. The molecule has 0 bridgehead atoms. The topological polar surface area (TPSA) is 68.5 Å². The largest absolute Gasteiger partial charge is 0.379 e. The molecule has 0 amide bonds. The van der Waals surface area contributed by atoms with Gasteiger partial charge in [0.25, 0.3) is 0 Å². The van der Waals surface area contributed by atoms with Crippen molar-refractivity contribution in [3.8, 4) is 0 Å². The Balaban J connectivity index is 2.33. The number of nitro groups is 1. The van der Waals surface area contributed by atoms with E-state index in [1.807, 2.05) is 11.9 Å². The number of nitrogens with zero attached hydrogens (tertiary/aromatic N) is 3. The molecule has 1 atom stereocenters. The maximum absolute atomic E-state index is 11.0. The Hall–Kier alpha value is -1.21. The zero-order valence-corrected chi connectivity index (χ0v) is 10.9. The first kappa shape index (κ1) is 12.3. The first-order valence-electron chi connectivity index (χ1n) is 5.20. The summed E-state index contributed by atoms with van der Waals surface area (Å²) in [7, 11) is 1.81. The van der Waals surface area contributed by atoms with Gasteiger partial charge in [-0.2, -0.15) is 0 Å². The lowest BCUT2D eigenvalue weighted by molar-refractivity contribution is -0.384. The maximum Gasteiger partial charge on any atom is 0.312 e. The molecule has 6 nitrogen and oxygen atoms in total. The normalized spacial score (nSPS) is 19.3. The Morgan fingerprint density at radius 2 is 2.47 bits per heavy atom. The lowest BCUT2D eigenvalue weighted by Crippen LogP contribution is -2.32. The molecule has 0 N–H and O–H groups in total. The quantitative estimate of drug-likeness (QED) is 0.631. The van der Waals surface area contributed by atoms with E-state index in [4.69, 9.17) is 4.74 Å². The van der Waals surface area contributed by atoms with Crippen LogP contribution in [-0.4, -0.2) is 36.2 Å². The molecule has 1 saturated heterocycles. The Bertz CT molecular complexity index is 435. The fourth-order valence-electron chi connectivity index (χ4n) is 1.83. The molecule has 1 fully saturated rings. The van der Waals surface area contributed by atoms with Gasteiger partial charge < -0.3 is 9.64 Å². The van der Waals surface area contributed by atoms with Gasteiger partial charge in [0.15, 0.2) is 0 Å². The second-order valence-corrected chi connectivity index (χ2v) is 4.80. The minimum atomic E-state index is -0.417. The van der Waals surface area contributed by atoms with Gasteiger partial charge in [0.2, 0.25) is 5.82 Å². The summed E-state index contributed by atoms with van der Waals surface area (Å²) in [6.45, 7) is 1.28. The first-order valence-corrected chi connectivity index (χ1v) is 5.99. The number of halogens is 1. The van der Waals surface area contributed by atoms with Crippen LogP contribution in [0.5, 0.6) is 0 Å². The van der Waals surface area contributed by atoms with Crippen LogP contribution in [0.4, 0.5) is 11.5 Å². The molecule has 0 spiro atoms. The summed E-state index contributed by atoms with van der Waals surface area (Å²) in [6, 6.07) is 1.62. The van der Waals surface area contributed by atoms with E-state index in [0.717, 1.165) is 6.42 Å². The number of aromatic nitrogens is 1. The van der Waals surface area contributed by atoms with Gasteiger partial charge in [-0.05, 0) is 22.4 Å². The van der Waals surface area contributed by atoms with Crippen LogP contribution in [0.25, 0.3) is 0 Å². The van der Waals surface area contributed by atoms with E-state index in [9.17, 15) is 10.1 Å². The monoisotopic (exact) mass is 301 g/mol. The molecule has 1 aliphatic heterocycles. The zero-order valence-electron chi connectivity index (χ0n) is 9.30. The van der Waals surface area contributed by atoms with Gasteiger partial charge in [0.1, 0.15) is 0 Å². The van der Waals surface area contributed by atoms with Crippen LogP contribution in [0.2, 0.25) is 0 Å². The van der Waals surface area contributed by atoms with Gasteiger partial charge in [-0.3, -0.25) is 10.1 Å². The van der Waals surface area contributed by atoms with Gasteiger partial charge in [-0.1, -0.05) is 0 Å². The van der Waals surface area contributed by atoms with Crippen molar-refractivity contribution >= 4 is 27.4 Å². The smallest absolute Gasteiger partial charge is 0.312 e. The third-order valence-corrected chi connectivity index (χ3v) is 3.23. The highest BCUT2D eigenvalue weighted by molar-refractivity contribution is 9.10. The molecule has 1 aromatic rings. The van der Waals surface area contributed by atoms with E-state index in [2.05, 4.69) is 20.9 Å². The third kappa shape index (κ3) is 2.55. The van der Waals surface area contributed by atoms with E-state index < -0.39 is 4.92 Å². The van der Waals surface area contributed by atoms with E-state index in [-0.39, 0.29) is 11.7 Å². The van der Waals surface area contributed by atoms with Crippen molar-refractivity contribution in [3.63, 3.8) is 0 Å². The highest BCUT2D eigenvalue weighted by Crippen LogP contribution is 2.30. The van der Waals surface area contributed by atoms with Crippen molar-refractivity contribution in [1.82, 2.24) is 4.98 Å². The SMILES string of the molecule is CN(c1ncc(Br)cc1[N+](=O)[O-])C1CCOC1. The predicted molar refractivity (Wildman–Crippen MR) is 66.2 cm³/mol. The first-order chi connectivity index (χ1) is 8.09. The number of anilines is 1. The molecule has 7 heteroatoms. The van der Waals surface area contributed by atoms with Gasteiger partial charge in [0, 0.05) is 30.4 Å². The molecular formula is C10H12BrN3O3. The summed E-state index contributed by atoms with van der Waals surface area (Å²) in [5.41, 5.74) is 0.00813. The Morgan fingerprint density at radius 1 is 1.71 bits per heavy atom. The van der Waals surface area contributed by atoms with Crippen LogP contribution in [0, 0.1) is 10.1 Å². The molecule has 1 aliphatic rings. The van der Waals surface area contributed by atoms with E-state index in [1.165, 1.54) is 6.07 Å². The second-order valence-electron chi connectivity index (χ2n) is 3.88. The van der Waals surface area contributed by atoms with Gasteiger partial charge >= 0.3 is 5.69 Å². The zero-order chi connectivity index (χ0) is 12.4. The molecule has 1 aromatic heterocycles. The van der Waals surface area contributed by atoms with Crippen molar-refractivity contribution in [2.75, 3.05) is 25.2 Å². The van der Waals surface area contributed by atoms with Crippen LogP contribution in [0.1, 0.15) is 6.42 Å². The second kappa shape index (κ2) is 4.97. The maximum atomic E-state index is 11.0. The van der Waals surface area contributed by atoms with Gasteiger partial charge in [-0.25, -0.2) is 4.98 Å². The average molecular weight is 302 g/mol. The Kier molecular flexibility index (Phi) is 3.58. The summed E-state index contributed by atoms with van der Waals surface area (Å²) < 4.78 is 5.88. The molecule has 2 rings (SSSR count). The average Bonchev–Trinajstić information content (AvgIpc) is 2.81. The van der Waals surface area contributed by atoms with E-state index in [1.54, 1.807) is 6.20 Å². The molecule has 17 heavy (non-hydrogen) atoms.